The van der Waals surface area contributed by atoms with Crippen LogP contribution in [0.25, 0.3) is 0 Å². The zero-order valence-corrected chi connectivity index (χ0v) is 13.9. The quantitative estimate of drug-likeness (QED) is 0.879. The van der Waals surface area contributed by atoms with Gasteiger partial charge in [0.15, 0.2) is 0 Å². The molecule has 1 aromatic rings. The van der Waals surface area contributed by atoms with Crippen molar-refractivity contribution in [3.63, 3.8) is 0 Å². The van der Waals surface area contributed by atoms with E-state index in [1.165, 1.54) is 31.1 Å². The van der Waals surface area contributed by atoms with Crippen LogP contribution in [-0.2, 0) is 16.3 Å². The minimum atomic E-state index is -2.91. The molecule has 3 nitrogen and oxygen atoms in total. The molecule has 1 fully saturated rings. The van der Waals surface area contributed by atoms with Gasteiger partial charge in [0.25, 0.3) is 0 Å². The van der Waals surface area contributed by atoms with Crippen molar-refractivity contribution in [2.75, 3.05) is 12.0 Å². The predicted octanol–water partition coefficient (Wildman–Crippen LogP) is 2.81. The zero-order chi connectivity index (χ0) is 15.3. The van der Waals surface area contributed by atoms with Crippen molar-refractivity contribution in [3.05, 3.63) is 35.9 Å². The fourth-order valence-corrected chi connectivity index (χ4v) is 4.46. The molecule has 0 radical (unpaired) electrons. The number of hydrogen-bond acceptors (Lipinski definition) is 3. The van der Waals surface area contributed by atoms with E-state index in [9.17, 15) is 8.42 Å². The van der Waals surface area contributed by atoms with Crippen molar-refractivity contribution in [3.8, 4) is 0 Å². The average Bonchev–Trinajstić information content (AvgIpc) is 2.40. The van der Waals surface area contributed by atoms with Gasteiger partial charge in [0.1, 0.15) is 9.84 Å². The summed E-state index contributed by atoms with van der Waals surface area (Å²) >= 11 is 0. The molecule has 2 rings (SSSR count). The van der Waals surface area contributed by atoms with E-state index in [0.29, 0.717) is 12.0 Å². The first kappa shape index (κ1) is 16.5. The van der Waals surface area contributed by atoms with E-state index in [4.69, 9.17) is 0 Å². The van der Waals surface area contributed by atoms with Gasteiger partial charge in [-0.2, -0.15) is 0 Å². The maximum absolute atomic E-state index is 11.4. The lowest BCUT2D eigenvalue weighted by Crippen LogP contribution is -2.46. The Morgan fingerprint density at radius 2 is 1.86 bits per heavy atom. The van der Waals surface area contributed by atoms with Crippen LogP contribution in [0.15, 0.2) is 30.3 Å². The van der Waals surface area contributed by atoms with E-state index in [1.807, 2.05) is 13.0 Å². The molecule has 118 valence electrons. The van der Waals surface area contributed by atoms with E-state index < -0.39 is 9.84 Å². The predicted molar refractivity (Wildman–Crippen MR) is 88.2 cm³/mol. The van der Waals surface area contributed by atoms with Crippen molar-refractivity contribution in [1.82, 2.24) is 5.32 Å². The van der Waals surface area contributed by atoms with E-state index in [-0.39, 0.29) is 11.8 Å². The highest BCUT2D eigenvalue weighted by Gasteiger charge is 2.26. The topological polar surface area (TPSA) is 46.2 Å². The summed E-state index contributed by atoms with van der Waals surface area (Å²) in [6.07, 6.45) is 7.33. The minimum Gasteiger partial charge on any atom is -0.310 e. The number of benzene rings is 1. The Morgan fingerprint density at radius 3 is 2.52 bits per heavy atom. The molecule has 3 atom stereocenters. The van der Waals surface area contributed by atoms with Gasteiger partial charge >= 0.3 is 0 Å². The van der Waals surface area contributed by atoms with Crippen molar-refractivity contribution in [2.24, 2.45) is 5.92 Å². The first-order valence-electron chi connectivity index (χ1n) is 7.92. The van der Waals surface area contributed by atoms with Gasteiger partial charge in [-0.05, 0) is 37.7 Å². The maximum atomic E-state index is 11.4. The third-order valence-corrected chi connectivity index (χ3v) is 5.41. The molecule has 1 N–H and O–H groups in total. The Hall–Kier alpha value is -0.870. The standard InChI is InChI=1S/C17H27NO2S/c1-14(13-21(2,19)20)18-17-11-7-6-10-16(17)12-15-8-4-3-5-9-15/h3-5,8-9,14,16-18H,6-7,10-13H2,1-2H3/t14-,16+,17+/m1/s1. The van der Waals surface area contributed by atoms with Crippen LogP contribution in [0, 0.1) is 5.92 Å². The largest absolute Gasteiger partial charge is 0.310 e. The van der Waals surface area contributed by atoms with Crippen LogP contribution in [0.5, 0.6) is 0 Å². The molecule has 0 saturated heterocycles. The van der Waals surface area contributed by atoms with Gasteiger partial charge in [0.05, 0.1) is 5.75 Å². The Bertz CT molecular complexity index is 527. The number of rotatable bonds is 6. The summed E-state index contributed by atoms with van der Waals surface area (Å²) in [5.41, 5.74) is 1.38. The van der Waals surface area contributed by atoms with Crippen LogP contribution in [-0.4, -0.2) is 32.5 Å². The van der Waals surface area contributed by atoms with Gasteiger partial charge in [-0.1, -0.05) is 43.2 Å². The third-order valence-electron chi connectivity index (χ3n) is 4.30. The normalized spacial score (nSPS) is 24.7. The SMILES string of the molecule is C[C@H](CS(C)(=O)=O)N[C@H]1CCCC[C@H]1Cc1ccccc1. The highest BCUT2D eigenvalue weighted by Crippen LogP contribution is 2.28. The molecule has 1 aliphatic carbocycles. The molecule has 0 heterocycles. The second-order valence-electron chi connectivity index (χ2n) is 6.50. The Morgan fingerprint density at radius 1 is 1.19 bits per heavy atom. The van der Waals surface area contributed by atoms with Crippen molar-refractivity contribution >= 4 is 9.84 Å². The Labute approximate surface area is 129 Å². The lowest BCUT2D eigenvalue weighted by molar-refractivity contribution is 0.248. The number of sulfone groups is 1. The molecule has 0 bridgehead atoms. The number of hydrogen-bond donors (Lipinski definition) is 1. The first-order chi connectivity index (χ1) is 9.94. The molecule has 1 aliphatic rings. The van der Waals surface area contributed by atoms with E-state index in [0.717, 1.165) is 12.8 Å². The van der Waals surface area contributed by atoms with Crippen LogP contribution in [0.4, 0.5) is 0 Å². The minimum absolute atomic E-state index is 0.0290. The lowest BCUT2D eigenvalue weighted by atomic mass is 9.80. The summed E-state index contributed by atoms with van der Waals surface area (Å²) in [5, 5.41) is 3.57. The fourth-order valence-electron chi connectivity index (χ4n) is 3.46. The van der Waals surface area contributed by atoms with Crippen molar-refractivity contribution in [2.45, 2.75) is 51.1 Å². The molecule has 0 spiro atoms. The monoisotopic (exact) mass is 309 g/mol. The van der Waals surface area contributed by atoms with Crippen LogP contribution in [0.3, 0.4) is 0 Å². The number of nitrogens with one attached hydrogen (secondary N) is 1. The van der Waals surface area contributed by atoms with Gasteiger partial charge in [0, 0.05) is 18.3 Å². The molecule has 21 heavy (non-hydrogen) atoms. The highest BCUT2D eigenvalue weighted by atomic mass is 32.2. The van der Waals surface area contributed by atoms with Gasteiger partial charge in [-0.3, -0.25) is 0 Å². The molecule has 4 heteroatoms. The Kier molecular flexibility index (Phi) is 5.82. The summed E-state index contributed by atoms with van der Waals surface area (Å²) in [7, 11) is -2.91. The average molecular weight is 309 g/mol. The first-order valence-corrected chi connectivity index (χ1v) is 9.98. The second kappa shape index (κ2) is 7.41. The van der Waals surface area contributed by atoms with E-state index in [2.05, 4.69) is 29.6 Å². The Balaban J connectivity index is 1.95. The van der Waals surface area contributed by atoms with Gasteiger partial charge < -0.3 is 5.32 Å². The summed E-state index contributed by atoms with van der Waals surface area (Å²) < 4.78 is 22.8. The van der Waals surface area contributed by atoms with Gasteiger partial charge in [0.2, 0.25) is 0 Å². The summed E-state index contributed by atoms with van der Waals surface area (Å²) in [6, 6.07) is 11.1. The van der Waals surface area contributed by atoms with Crippen LogP contribution in [0.1, 0.15) is 38.2 Å². The van der Waals surface area contributed by atoms with Crippen LogP contribution < -0.4 is 5.32 Å². The molecule has 0 aromatic heterocycles. The van der Waals surface area contributed by atoms with Gasteiger partial charge in [-0.15, -0.1) is 0 Å². The molecule has 1 aromatic carbocycles. The highest BCUT2D eigenvalue weighted by molar-refractivity contribution is 7.90. The molecule has 0 unspecified atom stereocenters. The fraction of sp³-hybridized carbons (Fsp3) is 0.647. The lowest BCUT2D eigenvalue weighted by Gasteiger charge is -2.34. The maximum Gasteiger partial charge on any atom is 0.148 e. The summed E-state index contributed by atoms with van der Waals surface area (Å²) in [4.78, 5) is 0. The molecular weight excluding hydrogens is 282 g/mol. The molecule has 0 aliphatic heterocycles. The van der Waals surface area contributed by atoms with E-state index >= 15 is 0 Å². The van der Waals surface area contributed by atoms with Gasteiger partial charge in [-0.25, -0.2) is 8.42 Å². The zero-order valence-electron chi connectivity index (χ0n) is 13.1. The van der Waals surface area contributed by atoms with Crippen LogP contribution in [0.2, 0.25) is 0 Å². The molecular formula is C17H27NO2S. The summed E-state index contributed by atoms with van der Waals surface area (Å²) in [5.74, 6) is 0.838. The van der Waals surface area contributed by atoms with Crippen molar-refractivity contribution < 1.29 is 8.42 Å². The summed E-state index contributed by atoms with van der Waals surface area (Å²) in [6.45, 7) is 1.98. The molecule has 1 saturated carbocycles. The van der Waals surface area contributed by atoms with E-state index in [1.54, 1.807) is 0 Å². The second-order valence-corrected chi connectivity index (χ2v) is 8.69. The van der Waals surface area contributed by atoms with Crippen molar-refractivity contribution in [1.29, 1.82) is 0 Å². The third kappa shape index (κ3) is 5.79. The smallest absolute Gasteiger partial charge is 0.148 e. The molecule has 0 amide bonds. The van der Waals surface area contributed by atoms with Crippen LogP contribution >= 0.6 is 0 Å².